The molecule has 0 spiro atoms. The first-order valence-corrected chi connectivity index (χ1v) is 8.40. The van der Waals surface area contributed by atoms with Gasteiger partial charge in [0, 0.05) is 30.2 Å². The Morgan fingerprint density at radius 2 is 1.73 bits per heavy atom. The molecule has 0 atom stereocenters. The molecule has 0 saturated carbocycles. The van der Waals surface area contributed by atoms with Crippen LogP contribution in [-0.4, -0.2) is 17.4 Å². The van der Waals surface area contributed by atoms with E-state index in [1.165, 1.54) is 26.9 Å². The van der Waals surface area contributed by atoms with E-state index < -0.39 is 0 Å². The number of fused-ring (bicyclic) bond motifs is 2. The van der Waals surface area contributed by atoms with Crippen LogP contribution in [0, 0.1) is 0 Å². The lowest BCUT2D eigenvalue weighted by Gasteiger charge is -2.19. The molecule has 1 heterocycles. The maximum atomic E-state index is 3.52. The molecule has 0 unspecified atom stereocenters. The summed E-state index contributed by atoms with van der Waals surface area (Å²) in [6.45, 7) is 2.97. The first kappa shape index (κ1) is 13.7. The first-order valence-electron chi connectivity index (χ1n) is 7.62. The highest BCUT2D eigenvalue weighted by Gasteiger charge is 2.15. The van der Waals surface area contributed by atoms with E-state index in [2.05, 4.69) is 76.4 Å². The zero-order valence-corrected chi connectivity index (χ0v) is 13.1. The van der Waals surface area contributed by atoms with Gasteiger partial charge in [-0.2, -0.15) is 0 Å². The van der Waals surface area contributed by atoms with Crippen molar-refractivity contribution in [1.29, 1.82) is 0 Å². The maximum Gasteiger partial charge on any atom is 0.0492 e. The summed E-state index contributed by atoms with van der Waals surface area (Å²) >= 11 is 1.85. The van der Waals surface area contributed by atoms with E-state index in [4.69, 9.17) is 0 Å². The molecule has 1 aliphatic heterocycles. The monoisotopic (exact) mass is 306 g/mol. The third-order valence-electron chi connectivity index (χ3n) is 4.02. The molecule has 3 aromatic rings. The van der Waals surface area contributed by atoms with Crippen LogP contribution in [0.2, 0.25) is 0 Å². The lowest BCUT2D eigenvalue weighted by atomic mass is 10.0. The van der Waals surface area contributed by atoms with Crippen LogP contribution in [0.1, 0.15) is 5.56 Å². The SMILES string of the molecule is c1ccc2c(c1)NCCN(Cc1cccc3ccccc13)S2. The molecule has 0 amide bonds. The standard InChI is InChI=1S/C19H18N2S/c1-2-9-17-15(6-1)7-5-8-16(17)14-21-13-12-20-18-10-3-4-11-19(18)22-21/h1-11,20H,12-14H2. The van der Waals surface area contributed by atoms with Gasteiger partial charge >= 0.3 is 0 Å². The van der Waals surface area contributed by atoms with Crippen LogP contribution in [0.4, 0.5) is 5.69 Å². The Bertz CT molecular complexity index is 795. The second kappa shape index (κ2) is 6.03. The largest absolute Gasteiger partial charge is 0.383 e. The van der Waals surface area contributed by atoms with Gasteiger partial charge in [0.05, 0.1) is 0 Å². The van der Waals surface area contributed by atoms with Gasteiger partial charge in [0.1, 0.15) is 0 Å². The van der Waals surface area contributed by atoms with Crippen molar-refractivity contribution in [2.45, 2.75) is 11.4 Å². The Hall–Kier alpha value is -1.97. The van der Waals surface area contributed by atoms with Crippen molar-refractivity contribution in [1.82, 2.24) is 4.31 Å². The Morgan fingerprint density at radius 3 is 2.73 bits per heavy atom. The minimum Gasteiger partial charge on any atom is -0.383 e. The van der Waals surface area contributed by atoms with Crippen LogP contribution in [0.5, 0.6) is 0 Å². The number of nitrogens with one attached hydrogen (secondary N) is 1. The number of para-hydroxylation sites is 1. The number of nitrogens with zero attached hydrogens (tertiary/aromatic N) is 1. The van der Waals surface area contributed by atoms with Crippen LogP contribution >= 0.6 is 11.9 Å². The molecule has 2 nitrogen and oxygen atoms in total. The average molecular weight is 306 g/mol. The summed E-state index contributed by atoms with van der Waals surface area (Å²) in [6, 6.07) is 23.8. The second-order valence-corrected chi connectivity index (χ2v) is 6.65. The lowest BCUT2D eigenvalue weighted by molar-refractivity contribution is 0.488. The lowest BCUT2D eigenvalue weighted by Crippen LogP contribution is -2.20. The predicted molar refractivity (Wildman–Crippen MR) is 95.1 cm³/mol. The normalized spacial score (nSPS) is 15.1. The van der Waals surface area contributed by atoms with Crippen LogP contribution in [0.25, 0.3) is 10.8 Å². The summed E-state index contributed by atoms with van der Waals surface area (Å²) in [5.41, 5.74) is 2.64. The van der Waals surface area contributed by atoms with Gasteiger partial charge in [-0.1, -0.05) is 54.6 Å². The Balaban J connectivity index is 1.63. The summed E-state index contributed by atoms with van der Waals surface area (Å²) in [7, 11) is 0. The van der Waals surface area contributed by atoms with E-state index >= 15 is 0 Å². The molecule has 0 bridgehead atoms. The quantitative estimate of drug-likeness (QED) is 0.686. The molecule has 0 saturated heterocycles. The van der Waals surface area contributed by atoms with Crippen molar-refractivity contribution in [2.24, 2.45) is 0 Å². The Labute approximate surface area is 135 Å². The minimum atomic E-state index is 0.960. The van der Waals surface area contributed by atoms with E-state index in [1.54, 1.807) is 0 Å². The topological polar surface area (TPSA) is 15.3 Å². The molecule has 110 valence electrons. The van der Waals surface area contributed by atoms with Gasteiger partial charge in [-0.05, 0) is 40.4 Å². The second-order valence-electron chi connectivity index (χ2n) is 5.52. The molecular formula is C19H18N2S. The van der Waals surface area contributed by atoms with Crippen LogP contribution < -0.4 is 5.32 Å². The molecule has 1 N–H and O–H groups in total. The van der Waals surface area contributed by atoms with Gasteiger partial charge in [-0.3, -0.25) is 0 Å². The summed E-state index contributed by atoms with van der Waals surface area (Å²) in [4.78, 5) is 1.31. The highest BCUT2D eigenvalue weighted by atomic mass is 32.2. The Kier molecular flexibility index (Phi) is 3.75. The van der Waals surface area contributed by atoms with Crippen LogP contribution in [0.15, 0.2) is 71.6 Å². The van der Waals surface area contributed by atoms with Gasteiger partial charge < -0.3 is 5.32 Å². The highest BCUT2D eigenvalue weighted by molar-refractivity contribution is 7.97. The van der Waals surface area contributed by atoms with E-state index in [0.717, 1.165) is 19.6 Å². The number of anilines is 1. The number of rotatable bonds is 2. The molecular weight excluding hydrogens is 288 g/mol. The summed E-state index contributed by atoms with van der Waals surface area (Å²) in [5.74, 6) is 0. The minimum absolute atomic E-state index is 0.960. The zero-order valence-electron chi connectivity index (χ0n) is 12.3. The van der Waals surface area contributed by atoms with E-state index in [-0.39, 0.29) is 0 Å². The maximum absolute atomic E-state index is 3.52. The fourth-order valence-electron chi connectivity index (χ4n) is 2.92. The van der Waals surface area contributed by atoms with Crippen molar-refractivity contribution in [3.05, 3.63) is 72.3 Å². The number of benzene rings is 3. The molecule has 0 radical (unpaired) electrons. The summed E-state index contributed by atoms with van der Waals surface area (Å²) in [5, 5.41) is 6.19. The molecule has 0 fully saturated rings. The molecule has 1 aliphatic rings. The third-order valence-corrected chi connectivity index (χ3v) is 5.14. The van der Waals surface area contributed by atoms with Crippen molar-refractivity contribution >= 4 is 28.4 Å². The van der Waals surface area contributed by atoms with Gasteiger partial charge in [0.2, 0.25) is 0 Å². The van der Waals surface area contributed by atoms with E-state index in [0.29, 0.717) is 0 Å². The van der Waals surface area contributed by atoms with Gasteiger partial charge in [-0.15, -0.1) is 0 Å². The first-order chi connectivity index (χ1) is 10.9. The molecule has 22 heavy (non-hydrogen) atoms. The van der Waals surface area contributed by atoms with Crippen molar-refractivity contribution < 1.29 is 0 Å². The van der Waals surface area contributed by atoms with E-state index in [1.807, 2.05) is 11.9 Å². The molecule has 0 aromatic heterocycles. The molecule has 4 rings (SSSR count). The van der Waals surface area contributed by atoms with Crippen LogP contribution in [-0.2, 0) is 6.54 Å². The fourth-order valence-corrected chi connectivity index (χ4v) is 3.97. The number of hydrogen-bond acceptors (Lipinski definition) is 3. The molecule has 3 aromatic carbocycles. The number of hydrogen-bond donors (Lipinski definition) is 1. The molecule has 3 heteroatoms. The van der Waals surface area contributed by atoms with Crippen molar-refractivity contribution in [3.63, 3.8) is 0 Å². The van der Waals surface area contributed by atoms with Crippen molar-refractivity contribution in [2.75, 3.05) is 18.4 Å². The van der Waals surface area contributed by atoms with Gasteiger partial charge in [0.15, 0.2) is 0 Å². The average Bonchev–Trinajstić information content (AvgIpc) is 2.77. The van der Waals surface area contributed by atoms with Gasteiger partial charge in [0.25, 0.3) is 0 Å². The summed E-state index contributed by atoms with van der Waals surface area (Å²) in [6.07, 6.45) is 0. The van der Waals surface area contributed by atoms with Crippen molar-refractivity contribution in [3.8, 4) is 0 Å². The molecule has 0 aliphatic carbocycles. The summed E-state index contributed by atoms with van der Waals surface area (Å²) < 4.78 is 2.45. The van der Waals surface area contributed by atoms with Crippen LogP contribution in [0.3, 0.4) is 0 Å². The fraction of sp³-hybridized carbons (Fsp3) is 0.158. The van der Waals surface area contributed by atoms with E-state index in [9.17, 15) is 0 Å². The predicted octanol–water partition coefficient (Wildman–Crippen LogP) is 4.77. The van der Waals surface area contributed by atoms with Gasteiger partial charge in [-0.25, -0.2) is 4.31 Å². The Morgan fingerprint density at radius 1 is 0.909 bits per heavy atom. The smallest absolute Gasteiger partial charge is 0.0492 e. The highest BCUT2D eigenvalue weighted by Crippen LogP contribution is 2.33. The third kappa shape index (κ3) is 2.70. The zero-order chi connectivity index (χ0) is 14.8.